The molecule has 3 nitrogen and oxygen atoms in total. The van der Waals surface area contributed by atoms with Gasteiger partial charge in [-0.05, 0) is 26.3 Å². The first-order chi connectivity index (χ1) is 7.95. The number of hydrogen-bond donors (Lipinski definition) is 2. The molecule has 1 aromatic rings. The number of carbonyl (C=O) groups is 1. The molecule has 1 amide bonds. The topological polar surface area (TPSA) is 41.1 Å². The van der Waals surface area contributed by atoms with E-state index in [-0.39, 0.29) is 11.3 Å². The van der Waals surface area contributed by atoms with E-state index < -0.39 is 0 Å². The van der Waals surface area contributed by atoms with E-state index >= 15 is 0 Å². The molecule has 0 radical (unpaired) electrons. The van der Waals surface area contributed by atoms with Crippen molar-refractivity contribution in [3.05, 3.63) is 35.4 Å². The minimum atomic E-state index is -0.376. The predicted octanol–water partition coefficient (Wildman–Crippen LogP) is 1.86. The van der Waals surface area contributed by atoms with Crippen LogP contribution in [0.15, 0.2) is 24.3 Å². The van der Waals surface area contributed by atoms with Crippen LogP contribution in [0, 0.1) is 12.3 Å². The Labute approximate surface area is 104 Å². The number of aryl methyl sites for hydroxylation is 1. The summed E-state index contributed by atoms with van der Waals surface area (Å²) >= 11 is 0. The maximum absolute atomic E-state index is 11.6. The number of nitrogens with one attached hydrogen (secondary N) is 2. The summed E-state index contributed by atoms with van der Waals surface area (Å²) < 4.78 is 0. The molecule has 0 spiro atoms. The van der Waals surface area contributed by atoms with Gasteiger partial charge in [-0.25, -0.2) is 0 Å². The zero-order valence-electron chi connectivity index (χ0n) is 11.1. The zero-order chi connectivity index (χ0) is 12.9. The van der Waals surface area contributed by atoms with Gasteiger partial charge in [0.15, 0.2) is 0 Å². The van der Waals surface area contributed by atoms with Gasteiger partial charge in [-0.1, -0.05) is 29.8 Å². The molecule has 0 unspecified atom stereocenters. The van der Waals surface area contributed by atoms with E-state index in [0.717, 1.165) is 6.54 Å². The summed E-state index contributed by atoms with van der Waals surface area (Å²) in [6.45, 7) is 7.42. The van der Waals surface area contributed by atoms with E-state index in [1.165, 1.54) is 11.1 Å². The molecule has 0 aliphatic heterocycles. The molecule has 2 N–H and O–H groups in total. The Morgan fingerprint density at radius 3 is 2.65 bits per heavy atom. The number of rotatable bonds is 5. The normalized spacial score (nSPS) is 11.3. The SMILES string of the molecule is CNC(=O)C(C)(C)CNCc1cccc(C)c1. The Bertz CT molecular complexity index is 386. The maximum Gasteiger partial charge on any atom is 0.226 e. The number of amides is 1. The van der Waals surface area contributed by atoms with Gasteiger partial charge < -0.3 is 10.6 Å². The van der Waals surface area contributed by atoms with Gasteiger partial charge >= 0.3 is 0 Å². The van der Waals surface area contributed by atoms with Crippen molar-refractivity contribution in [1.29, 1.82) is 0 Å². The van der Waals surface area contributed by atoms with Crippen LogP contribution < -0.4 is 10.6 Å². The molecule has 0 saturated carbocycles. The van der Waals surface area contributed by atoms with Crippen LogP contribution in [-0.2, 0) is 11.3 Å². The molecule has 0 aliphatic rings. The highest BCUT2D eigenvalue weighted by Gasteiger charge is 2.25. The molecule has 1 rings (SSSR count). The van der Waals surface area contributed by atoms with Crippen molar-refractivity contribution in [2.75, 3.05) is 13.6 Å². The standard InChI is InChI=1S/C14H22N2O/c1-11-6-5-7-12(8-11)9-16-10-14(2,3)13(17)15-4/h5-8,16H,9-10H2,1-4H3,(H,15,17). The van der Waals surface area contributed by atoms with E-state index in [4.69, 9.17) is 0 Å². The third-order valence-corrected chi connectivity index (χ3v) is 2.82. The summed E-state index contributed by atoms with van der Waals surface area (Å²) in [6, 6.07) is 8.38. The minimum Gasteiger partial charge on any atom is -0.359 e. The lowest BCUT2D eigenvalue weighted by Gasteiger charge is -2.23. The second-order valence-electron chi connectivity index (χ2n) is 5.06. The molecule has 1 aromatic carbocycles. The van der Waals surface area contributed by atoms with Gasteiger partial charge in [0, 0.05) is 20.1 Å². The van der Waals surface area contributed by atoms with E-state index in [0.29, 0.717) is 6.54 Å². The van der Waals surface area contributed by atoms with Crippen LogP contribution in [0.4, 0.5) is 0 Å². The van der Waals surface area contributed by atoms with Crippen molar-refractivity contribution >= 4 is 5.91 Å². The molecular weight excluding hydrogens is 212 g/mol. The fourth-order valence-electron chi connectivity index (χ4n) is 1.76. The van der Waals surface area contributed by atoms with Crippen LogP contribution in [0.2, 0.25) is 0 Å². The third-order valence-electron chi connectivity index (χ3n) is 2.82. The van der Waals surface area contributed by atoms with Gasteiger partial charge in [0.2, 0.25) is 5.91 Å². The van der Waals surface area contributed by atoms with E-state index in [2.05, 4.69) is 41.8 Å². The summed E-state index contributed by atoms with van der Waals surface area (Å²) in [5.41, 5.74) is 2.13. The maximum atomic E-state index is 11.6. The Hall–Kier alpha value is -1.35. The Kier molecular flexibility index (Phi) is 4.70. The van der Waals surface area contributed by atoms with Crippen LogP contribution in [-0.4, -0.2) is 19.5 Å². The van der Waals surface area contributed by atoms with E-state index in [1.54, 1.807) is 7.05 Å². The van der Waals surface area contributed by atoms with E-state index in [1.807, 2.05) is 13.8 Å². The van der Waals surface area contributed by atoms with Crippen LogP contribution in [0.25, 0.3) is 0 Å². The quantitative estimate of drug-likeness (QED) is 0.816. The smallest absolute Gasteiger partial charge is 0.226 e. The molecule has 17 heavy (non-hydrogen) atoms. The van der Waals surface area contributed by atoms with Gasteiger partial charge in [0.25, 0.3) is 0 Å². The van der Waals surface area contributed by atoms with Crippen LogP contribution >= 0.6 is 0 Å². The van der Waals surface area contributed by atoms with Crippen molar-refractivity contribution in [3.63, 3.8) is 0 Å². The second-order valence-corrected chi connectivity index (χ2v) is 5.06. The summed E-state index contributed by atoms with van der Waals surface area (Å²) in [5, 5.41) is 6.01. The lowest BCUT2D eigenvalue weighted by Crippen LogP contribution is -2.41. The summed E-state index contributed by atoms with van der Waals surface area (Å²) in [5.74, 6) is 0.0641. The average molecular weight is 234 g/mol. The lowest BCUT2D eigenvalue weighted by atomic mass is 9.92. The summed E-state index contributed by atoms with van der Waals surface area (Å²) in [7, 11) is 1.67. The van der Waals surface area contributed by atoms with E-state index in [9.17, 15) is 4.79 Å². The lowest BCUT2D eigenvalue weighted by molar-refractivity contribution is -0.128. The Balaban J connectivity index is 2.45. The summed E-state index contributed by atoms with van der Waals surface area (Å²) in [4.78, 5) is 11.6. The Morgan fingerprint density at radius 1 is 1.35 bits per heavy atom. The molecule has 94 valence electrons. The van der Waals surface area contributed by atoms with Gasteiger partial charge in [0.1, 0.15) is 0 Å². The largest absolute Gasteiger partial charge is 0.359 e. The third kappa shape index (κ3) is 4.19. The molecule has 0 aromatic heterocycles. The van der Waals surface area contributed by atoms with Crippen LogP contribution in [0.5, 0.6) is 0 Å². The highest BCUT2D eigenvalue weighted by Crippen LogP contribution is 2.13. The fraction of sp³-hybridized carbons (Fsp3) is 0.500. The zero-order valence-corrected chi connectivity index (χ0v) is 11.1. The second kappa shape index (κ2) is 5.82. The molecule has 0 heterocycles. The highest BCUT2D eigenvalue weighted by atomic mass is 16.2. The summed E-state index contributed by atoms with van der Waals surface area (Å²) in [6.07, 6.45) is 0. The number of carbonyl (C=O) groups excluding carboxylic acids is 1. The highest BCUT2D eigenvalue weighted by molar-refractivity contribution is 5.81. The van der Waals surface area contributed by atoms with Gasteiger partial charge in [0.05, 0.1) is 5.41 Å². The van der Waals surface area contributed by atoms with Crippen molar-refractivity contribution < 1.29 is 4.79 Å². The first-order valence-electron chi connectivity index (χ1n) is 5.94. The predicted molar refractivity (Wildman–Crippen MR) is 70.7 cm³/mol. The first kappa shape index (κ1) is 13.7. The van der Waals surface area contributed by atoms with Gasteiger partial charge in [-0.2, -0.15) is 0 Å². The van der Waals surface area contributed by atoms with Gasteiger partial charge in [-0.3, -0.25) is 4.79 Å². The number of benzene rings is 1. The molecule has 0 bridgehead atoms. The molecular formula is C14H22N2O. The molecule has 3 heteroatoms. The molecule has 0 saturated heterocycles. The van der Waals surface area contributed by atoms with Crippen molar-refractivity contribution in [2.45, 2.75) is 27.3 Å². The van der Waals surface area contributed by atoms with Crippen molar-refractivity contribution in [3.8, 4) is 0 Å². The minimum absolute atomic E-state index is 0.0641. The molecule has 0 atom stereocenters. The molecule has 0 aliphatic carbocycles. The van der Waals surface area contributed by atoms with Crippen molar-refractivity contribution in [1.82, 2.24) is 10.6 Å². The van der Waals surface area contributed by atoms with Crippen LogP contribution in [0.3, 0.4) is 0 Å². The average Bonchev–Trinajstić information content (AvgIpc) is 2.27. The monoisotopic (exact) mass is 234 g/mol. The molecule has 0 fully saturated rings. The number of hydrogen-bond acceptors (Lipinski definition) is 2. The van der Waals surface area contributed by atoms with Gasteiger partial charge in [-0.15, -0.1) is 0 Å². The van der Waals surface area contributed by atoms with Crippen LogP contribution in [0.1, 0.15) is 25.0 Å². The van der Waals surface area contributed by atoms with Crippen molar-refractivity contribution in [2.24, 2.45) is 5.41 Å². The fourth-order valence-corrected chi connectivity index (χ4v) is 1.76. The Morgan fingerprint density at radius 2 is 2.06 bits per heavy atom. The first-order valence-corrected chi connectivity index (χ1v) is 5.94.